The van der Waals surface area contributed by atoms with E-state index in [2.05, 4.69) is 0 Å². The van der Waals surface area contributed by atoms with Gasteiger partial charge in [-0.25, -0.2) is 4.79 Å². The minimum absolute atomic E-state index is 0.0511. The highest BCUT2D eigenvalue weighted by Crippen LogP contribution is 2.28. The molecule has 5 heteroatoms. The van der Waals surface area contributed by atoms with E-state index < -0.39 is 5.97 Å². The summed E-state index contributed by atoms with van der Waals surface area (Å²) in [6.45, 7) is 1.72. The number of carbonyl (C=O) groups excluding carboxylic acids is 1. The fraction of sp³-hybridized carbons (Fsp3) is 0.133. The molecule has 0 aromatic heterocycles. The van der Waals surface area contributed by atoms with Crippen LogP contribution in [0.5, 0.6) is 23.0 Å². The molecule has 2 aromatic carbocycles. The van der Waals surface area contributed by atoms with Crippen LogP contribution < -0.4 is 9.47 Å². The molecule has 0 aliphatic heterocycles. The fourth-order valence-electron chi connectivity index (χ4n) is 1.71. The third-order valence-electron chi connectivity index (χ3n) is 2.78. The van der Waals surface area contributed by atoms with Gasteiger partial charge in [0.05, 0.1) is 12.7 Å². The van der Waals surface area contributed by atoms with Crippen LogP contribution in [0.3, 0.4) is 0 Å². The highest BCUT2D eigenvalue weighted by Gasteiger charge is 2.13. The van der Waals surface area contributed by atoms with Crippen LogP contribution in [0.25, 0.3) is 0 Å². The summed E-state index contributed by atoms with van der Waals surface area (Å²) in [4.78, 5) is 12.0. The second-order valence-electron chi connectivity index (χ2n) is 4.23. The molecule has 0 atom stereocenters. The summed E-state index contributed by atoms with van der Waals surface area (Å²) >= 11 is 0. The number of carbonyl (C=O) groups is 1. The number of benzene rings is 2. The molecule has 0 radical (unpaired) electrons. The van der Waals surface area contributed by atoms with Crippen LogP contribution in [0.15, 0.2) is 36.4 Å². The summed E-state index contributed by atoms with van der Waals surface area (Å²) in [5, 5.41) is 18.8. The minimum Gasteiger partial charge on any atom is -0.508 e. The summed E-state index contributed by atoms with van der Waals surface area (Å²) in [5.41, 5.74) is 0.899. The Balaban J connectivity index is 2.24. The zero-order chi connectivity index (χ0) is 14.7. The van der Waals surface area contributed by atoms with Gasteiger partial charge in [0.15, 0.2) is 11.5 Å². The summed E-state index contributed by atoms with van der Waals surface area (Å²) in [5.74, 6) is 0.0391. The van der Waals surface area contributed by atoms with Gasteiger partial charge in [-0.05, 0) is 48.9 Å². The highest BCUT2D eigenvalue weighted by molar-refractivity contribution is 5.92. The van der Waals surface area contributed by atoms with Crippen LogP contribution in [0, 0.1) is 6.92 Å². The molecule has 5 nitrogen and oxygen atoms in total. The van der Waals surface area contributed by atoms with Gasteiger partial charge in [-0.15, -0.1) is 0 Å². The Morgan fingerprint density at radius 3 is 2.45 bits per heavy atom. The van der Waals surface area contributed by atoms with Gasteiger partial charge in [0.1, 0.15) is 11.5 Å². The molecule has 2 aromatic rings. The zero-order valence-electron chi connectivity index (χ0n) is 11.1. The first-order valence-corrected chi connectivity index (χ1v) is 5.90. The molecule has 0 spiro atoms. The predicted molar refractivity (Wildman–Crippen MR) is 72.5 cm³/mol. The molecule has 0 unspecified atom stereocenters. The Labute approximate surface area is 116 Å². The Morgan fingerprint density at radius 2 is 1.80 bits per heavy atom. The largest absolute Gasteiger partial charge is 0.508 e. The molecule has 0 aliphatic rings. The van der Waals surface area contributed by atoms with Crippen LogP contribution in [-0.4, -0.2) is 23.3 Å². The van der Waals surface area contributed by atoms with Crippen molar-refractivity contribution >= 4 is 5.97 Å². The van der Waals surface area contributed by atoms with Crippen LogP contribution >= 0.6 is 0 Å². The topological polar surface area (TPSA) is 76.0 Å². The first-order chi connectivity index (χ1) is 9.51. The van der Waals surface area contributed by atoms with E-state index in [0.29, 0.717) is 11.3 Å². The molecule has 2 rings (SSSR count). The number of esters is 1. The van der Waals surface area contributed by atoms with Crippen molar-refractivity contribution in [2.24, 2.45) is 0 Å². The predicted octanol–water partition coefficient (Wildman–Crippen LogP) is 2.63. The number of aromatic hydroxyl groups is 2. The number of ether oxygens (including phenoxy) is 2. The van der Waals surface area contributed by atoms with Crippen LogP contribution in [0.4, 0.5) is 0 Å². The van der Waals surface area contributed by atoms with E-state index in [4.69, 9.17) is 9.47 Å². The Hall–Kier alpha value is -2.69. The summed E-state index contributed by atoms with van der Waals surface area (Å²) in [7, 11) is 1.40. The normalized spacial score (nSPS) is 10.1. The molecule has 104 valence electrons. The van der Waals surface area contributed by atoms with Gasteiger partial charge < -0.3 is 19.7 Å². The van der Waals surface area contributed by atoms with Gasteiger partial charge in [0, 0.05) is 0 Å². The fourth-order valence-corrected chi connectivity index (χ4v) is 1.71. The molecule has 0 bridgehead atoms. The smallest absolute Gasteiger partial charge is 0.343 e. The average Bonchev–Trinajstić information content (AvgIpc) is 2.42. The van der Waals surface area contributed by atoms with Crippen molar-refractivity contribution in [3.63, 3.8) is 0 Å². The minimum atomic E-state index is -0.572. The maximum Gasteiger partial charge on any atom is 0.343 e. The van der Waals surface area contributed by atoms with Gasteiger partial charge >= 0.3 is 5.97 Å². The number of rotatable bonds is 3. The number of phenols is 2. The van der Waals surface area contributed by atoms with Crippen molar-refractivity contribution in [1.82, 2.24) is 0 Å². The van der Waals surface area contributed by atoms with E-state index in [-0.39, 0.29) is 22.8 Å². The molecular formula is C15H14O5. The van der Waals surface area contributed by atoms with Crippen molar-refractivity contribution < 1.29 is 24.5 Å². The van der Waals surface area contributed by atoms with Crippen molar-refractivity contribution in [2.45, 2.75) is 6.92 Å². The number of methoxy groups -OCH3 is 1. The number of hydrogen-bond donors (Lipinski definition) is 2. The quantitative estimate of drug-likeness (QED) is 0.664. The third kappa shape index (κ3) is 2.83. The van der Waals surface area contributed by atoms with Gasteiger partial charge in [-0.3, -0.25) is 0 Å². The van der Waals surface area contributed by atoms with E-state index in [1.165, 1.54) is 43.5 Å². The van der Waals surface area contributed by atoms with Crippen molar-refractivity contribution in [3.05, 3.63) is 47.5 Å². The lowest BCUT2D eigenvalue weighted by atomic mass is 10.2. The molecule has 2 N–H and O–H groups in total. The van der Waals surface area contributed by atoms with Gasteiger partial charge in [0.25, 0.3) is 0 Å². The maximum absolute atomic E-state index is 12.0. The lowest BCUT2D eigenvalue weighted by Crippen LogP contribution is -2.09. The molecular weight excluding hydrogens is 260 g/mol. The van der Waals surface area contributed by atoms with E-state index in [1.54, 1.807) is 6.92 Å². The number of aryl methyl sites for hydroxylation is 1. The van der Waals surface area contributed by atoms with Gasteiger partial charge in [0.2, 0.25) is 0 Å². The van der Waals surface area contributed by atoms with Crippen LogP contribution in [0.1, 0.15) is 15.9 Å². The third-order valence-corrected chi connectivity index (χ3v) is 2.78. The highest BCUT2D eigenvalue weighted by atomic mass is 16.5. The molecule has 0 amide bonds. The SMILES string of the molecule is COc1cc(C(=O)Oc2ccc(O)cc2C)ccc1O. The standard InChI is InChI=1S/C15H14O5/c1-9-7-11(16)4-6-13(9)20-15(18)10-3-5-12(17)14(8-10)19-2/h3-8,16-17H,1-2H3. The molecule has 20 heavy (non-hydrogen) atoms. The Bertz CT molecular complexity index is 649. The lowest BCUT2D eigenvalue weighted by molar-refractivity contribution is 0.0733. The van der Waals surface area contributed by atoms with Crippen molar-refractivity contribution in [2.75, 3.05) is 7.11 Å². The lowest BCUT2D eigenvalue weighted by Gasteiger charge is -2.09. The second kappa shape index (κ2) is 5.52. The second-order valence-corrected chi connectivity index (χ2v) is 4.23. The Morgan fingerprint density at radius 1 is 1.05 bits per heavy atom. The van der Waals surface area contributed by atoms with E-state index in [1.807, 2.05) is 0 Å². The maximum atomic E-state index is 12.0. The molecule has 0 saturated heterocycles. The van der Waals surface area contributed by atoms with E-state index >= 15 is 0 Å². The molecule has 0 heterocycles. The molecule has 0 aliphatic carbocycles. The van der Waals surface area contributed by atoms with Crippen LogP contribution in [0.2, 0.25) is 0 Å². The van der Waals surface area contributed by atoms with Gasteiger partial charge in [-0.1, -0.05) is 0 Å². The first-order valence-electron chi connectivity index (χ1n) is 5.90. The molecule has 0 fully saturated rings. The van der Waals surface area contributed by atoms with Crippen molar-refractivity contribution in [1.29, 1.82) is 0 Å². The van der Waals surface area contributed by atoms with Gasteiger partial charge in [-0.2, -0.15) is 0 Å². The van der Waals surface area contributed by atoms with Crippen molar-refractivity contribution in [3.8, 4) is 23.0 Å². The first kappa shape index (κ1) is 13.7. The molecule has 0 saturated carbocycles. The van der Waals surface area contributed by atoms with E-state index in [0.717, 1.165) is 0 Å². The average molecular weight is 274 g/mol. The number of phenolic OH excluding ortho intramolecular Hbond substituents is 2. The zero-order valence-corrected chi connectivity index (χ0v) is 11.1. The summed E-state index contributed by atoms with van der Waals surface area (Å²) in [6.07, 6.45) is 0. The number of hydrogen-bond acceptors (Lipinski definition) is 5. The van der Waals surface area contributed by atoms with E-state index in [9.17, 15) is 15.0 Å². The van der Waals surface area contributed by atoms with Crippen LogP contribution in [-0.2, 0) is 0 Å². The summed E-state index contributed by atoms with van der Waals surface area (Å²) < 4.78 is 10.2. The summed E-state index contributed by atoms with van der Waals surface area (Å²) in [6, 6.07) is 8.65. The Kier molecular flexibility index (Phi) is 3.79. The monoisotopic (exact) mass is 274 g/mol.